The third-order valence-corrected chi connectivity index (χ3v) is 3.03. The molecule has 0 saturated carbocycles. The van der Waals surface area contributed by atoms with Gasteiger partial charge in [0.05, 0.1) is 23.3 Å². The van der Waals surface area contributed by atoms with Gasteiger partial charge in [0.2, 0.25) is 0 Å². The first-order chi connectivity index (χ1) is 8.00. The maximum atomic E-state index is 9.86. The summed E-state index contributed by atoms with van der Waals surface area (Å²) in [5.74, 6) is 0. The lowest BCUT2D eigenvalue weighted by Gasteiger charge is -2.14. The molecule has 0 aromatic heterocycles. The quantitative estimate of drug-likeness (QED) is 0.819. The highest BCUT2D eigenvalue weighted by molar-refractivity contribution is 6.42. The van der Waals surface area contributed by atoms with E-state index in [1.54, 1.807) is 18.2 Å². The van der Waals surface area contributed by atoms with Crippen LogP contribution in [0.25, 0.3) is 0 Å². The van der Waals surface area contributed by atoms with E-state index in [4.69, 9.17) is 27.9 Å². The molecule has 0 heterocycles. The molecule has 1 N–H and O–H groups in total. The molecule has 0 bridgehead atoms. The predicted molar refractivity (Wildman–Crippen MR) is 78.0 cm³/mol. The minimum atomic E-state index is -0.674. The second-order valence-corrected chi connectivity index (χ2v) is 4.88. The first kappa shape index (κ1) is 18.0. The number of nitrogens with zero attached hydrogens (tertiary/aromatic N) is 1. The number of ether oxygens (including phenoxy) is 1. The molecular weight excluding hydrogens is 296 g/mol. The molecule has 0 amide bonds. The van der Waals surface area contributed by atoms with Crippen LogP contribution in [0.1, 0.15) is 11.7 Å². The maximum absolute atomic E-state index is 9.86. The van der Waals surface area contributed by atoms with Gasteiger partial charge in [-0.25, -0.2) is 0 Å². The third kappa shape index (κ3) is 6.23. The number of hydrogen-bond acceptors (Lipinski definition) is 3. The smallest absolute Gasteiger partial charge is 0.102 e. The summed E-state index contributed by atoms with van der Waals surface area (Å²) in [5, 5.41) is 10.8. The molecule has 1 unspecified atom stereocenters. The van der Waals surface area contributed by atoms with Crippen LogP contribution >= 0.6 is 35.6 Å². The van der Waals surface area contributed by atoms with Crippen LogP contribution in [-0.2, 0) is 4.74 Å². The Labute approximate surface area is 124 Å². The first-order valence-electron chi connectivity index (χ1n) is 5.36. The summed E-state index contributed by atoms with van der Waals surface area (Å²) in [6.07, 6.45) is -0.674. The van der Waals surface area contributed by atoms with Crippen LogP contribution in [0.5, 0.6) is 0 Å². The van der Waals surface area contributed by atoms with E-state index in [1.807, 2.05) is 19.0 Å². The lowest BCUT2D eigenvalue weighted by atomic mass is 10.1. The van der Waals surface area contributed by atoms with Crippen molar-refractivity contribution in [3.63, 3.8) is 0 Å². The van der Waals surface area contributed by atoms with E-state index in [1.165, 1.54) is 0 Å². The molecule has 0 aliphatic heterocycles. The van der Waals surface area contributed by atoms with Crippen molar-refractivity contribution in [3.05, 3.63) is 33.8 Å². The zero-order chi connectivity index (χ0) is 12.8. The fraction of sp³-hybridized carbons (Fsp3) is 0.500. The van der Waals surface area contributed by atoms with Crippen molar-refractivity contribution in [2.75, 3.05) is 33.9 Å². The van der Waals surface area contributed by atoms with E-state index in [2.05, 4.69) is 0 Å². The third-order valence-electron chi connectivity index (χ3n) is 2.29. The number of benzene rings is 1. The van der Waals surface area contributed by atoms with Gasteiger partial charge in [-0.3, -0.25) is 0 Å². The molecule has 0 saturated heterocycles. The lowest BCUT2D eigenvalue weighted by Crippen LogP contribution is -2.19. The fourth-order valence-electron chi connectivity index (χ4n) is 1.26. The Balaban J connectivity index is 0.00000289. The molecule has 0 aliphatic rings. The summed E-state index contributed by atoms with van der Waals surface area (Å²) >= 11 is 11.7. The van der Waals surface area contributed by atoms with Gasteiger partial charge in [0.15, 0.2) is 0 Å². The van der Waals surface area contributed by atoms with Gasteiger partial charge in [0.25, 0.3) is 0 Å². The van der Waals surface area contributed by atoms with Crippen LogP contribution in [-0.4, -0.2) is 43.9 Å². The Bertz CT molecular complexity index is 361. The molecule has 1 rings (SSSR count). The van der Waals surface area contributed by atoms with E-state index < -0.39 is 6.10 Å². The van der Waals surface area contributed by atoms with Crippen LogP contribution in [0.3, 0.4) is 0 Å². The van der Waals surface area contributed by atoms with Crippen molar-refractivity contribution < 1.29 is 9.84 Å². The molecular formula is C12H18Cl3NO2. The summed E-state index contributed by atoms with van der Waals surface area (Å²) in [6.45, 7) is 1.67. The Morgan fingerprint density at radius 3 is 2.50 bits per heavy atom. The molecule has 1 atom stereocenters. The predicted octanol–water partition coefficient (Wildman–Crippen LogP) is 3.03. The van der Waals surface area contributed by atoms with E-state index >= 15 is 0 Å². The average molecular weight is 315 g/mol. The van der Waals surface area contributed by atoms with Gasteiger partial charge >= 0.3 is 0 Å². The second kappa shape index (κ2) is 8.97. The second-order valence-electron chi connectivity index (χ2n) is 4.07. The van der Waals surface area contributed by atoms with Crippen molar-refractivity contribution in [3.8, 4) is 0 Å². The molecule has 0 radical (unpaired) electrons. The van der Waals surface area contributed by atoms with Gasteiger partial charge in [0, 0.05) is 6.54 Å². The number of likely N-dealkylation sites (N-methyl/N-ethyl adjacent to an activating group) is 1. The number of rotatable bonds is 6. The number of hydrogen-bond donors (Lipinski definition) is 1. The summed E-state index contributed by atoms with van der Waals surface area (Å²) in [4.78, 5) is 2.02. The lowest BCUT2D eigenvalue weighted by molar-refractivity contribution is 0.0306. The highest BCUT2D eigenvalue weighted by Crippen LogP contribution is 2.25. The molecule has 104 valence electrons. The Hall–Kier alpha value is -0.0300. The van der Waals surface area contributed by atoms with Crippen molar-refractivity contribution in [1.82, 2.24) is 4.90 Å². The molecule has 0 aliphatic carbocycles. The van der Waals surface area contributed by atoms with E-state index in [-0.39, 0.29) is 19.0 Å². The monoisotopic (exact) mass is 313 g/mol. The standard InChI is InChI=1S/C12H17Cl2NO2.ClH/c1-15(2)5-6-17-8-12(16)9-3-4-10(13)11(14)7-9;/h3-4,7,12,16H,5-6,8H2,1-2H3;1H. The van der Waals surface area contributed by atoms with Crippen LogP contribution in [0, 0.1) is 0 Å². The van der Waals surface area contributed by atoms with E-state index in [0.29, 0.717) is 22.2 Å². The minimum absolute atomic E-state index is 0. The van der Waals surface area contributed by atoms with Gasteiger partial charge in [-0.05, 0) is 31.8 Å². The van der Waals surface area contributed by atoms with Gasteiger partial charge in [-0.15, -0.1) is 12.4 Å². The molecule has 6 heteroatoms. The Morgan fingerprint density at radius 1 is 1.28 bits per heavy atom. The normalized spacial score (nSPS) is 12.3. The van der Waals surface area contributed by atoms with Crippen molar-refractivity contribution in [2.45, 2.75) is 6.10 Å². The van der Waals surface area contributed by atoms with E-state index in [0.717, 1.165) is 6.54 Å². The summed E-state index contributed by atoms with van der Waals surface area (Å²) < 4.78 is 5.36. The highest BCUT2D eigenvalue weighted by atomic mass is 35.5. The molecule has 1 aromatic carbocycles. The topological polar surface area (TPSA) is 32.7 Å². The molecule has 0 spiro atoms. The van der Waals surface area contributed by atoms with Crippen molar-refractivity contribution >= 4 is 35.6 Å². The number of halogens is 3. The molecule has 3 nitrogen and oxygen atoms in total. The Morgan fingerprint density at radius 2 is 1.94 bits per heavy atom. The maximum Gasteiger partial charge on any atom is 0.102 e. The van der Waals surface area contributed by atoms with Crippen LogP contribution in [0.4, 0.5) is 0 Å². The van der Waals surface area contributed by atoms with Gasteiger partial charge in [0.1, 0.15) is 6.10 Å². The van der Waals surface area contributed by atoms with Crippen LogP contribution in [0.15, 0.2) is 18.2 Å². The number of aliphatic hydroxyl groups is 1. The largest absolute Gasteiger partial charge is 0.386 e. The van der Waals surface area contributed by atoms with Gasteiger partial charge in [-0.2, -0.15) is 0 Å². The minimum Gasteiger partial charge on any atom is -0.386 e. The molecule has 18 heavy (non-hydrogen) atoms. The SMILES string of the molecule is CN(C)CCOCC(O)c1ccc(Cl)c(Cl)c1.Cl. The van der Waals surface area contributed by atoms with Crippen LogP contribution < -0.4 is 0 Å². The molecule has 0 fully saturated rings. The average Bonchev–Trinajstić information content (AvgIpc) is 2.27. The molecule has 1 aromatic rings. The summed E-state index contributed by atoms with van der Waals surface area (Å²) in [7, 11) is 3.94. The first-order valence-corrected chi connectivity index (χ1v) is 6.12. The summed E-state index contributed by atoms with van der Waals surface area (Å²) in [6, 6.07) is 5.07. The van der Waals surface area contributed by atoms with Crippen molar-refractivity contribution in [2.24, 2.45) is 0 Å². The zero-order valence-corrected chi connectivity index (χ0v) is 12.7. The van der Waals surface area contributed by atoms with Crippen molar-refractivity contribution in [1.29, 1.82) is 0 Å². The Kier molecular flexibility index (Phi) is 8.95. The highest BCUT2D eigenvalue weighted by Gasteiger charge is 2.09. The van der Waals surface area contributed by atoms with Crippen LogP contribution in [0.2, 0.25) is 10.0 Å². The van der Waals surface area contributed by atoms with Gasteiger partial charge in [-0.1, -0.05) is 29.3 Å². The zero-order valence-electron chi connectivity index (χ0n) is 10.4. The summed E-state index contributed by atoms with van der Waals surface area (Å²) in [5.41, 5.74) is 0.712. The number of aliphatic hydroxyl groups excluding tert-OH is 1. The fourth-order valence-corrected chi connectivity index (χ4v) is 1.56. The van der Waals surface area contributed by atoms with Gasteiger partial charge < -0.3 is 14.7 Å². The van der Waals surface area contributed by atoms with E-state index in [9.17, 15) is 5.11 Å².